The maximum absolute atomic E-state index is 14.3. The van der Waals surface area contributed by atoms with E-state index in [1.807, 2.05) is 0 Å². The van der Waals surface area contributed by atoms with Crippen LogP contribution in [0.4, 0.5) is 0 Å². The number of carbonyl (C=O) groups excluding carboxylic acids is 2. The number of esters is 2. The summed E-state index contributed by atoms with van der Waals surface area (Å²) in [5.41, 5.74) is 9.91. The first kappa shape index (κ1) is 48.4. The lowest BCUT2D eigenvalue weighted by Gasteiger charge is -2.60. The van der Waals surface area contributed by atoms with Crippen LogP contribution < -0.4 is 5.30 Å². The van der Waals surface area contributed by atoms with E-state index < -0.39 is 73.5 Å². The molecule has 0 amide bonds. The number of carbonyl (C=O) groups is 2. The molecule has 0 unspecified atom stereocenters. The Labute approximate surface area is 376 Å². The molecule has 1 aliphatic heterocycles. The van der Waals surface area contributed by atoms with Crippen molar-refractivity contribution in [3.8, 4) is 0 Å². The summed E-state index contributed by atoms with van der Waals surface area (Å²) in [6.45, 7) is 56.2. The van der Waals surface area contributed by atoms with Gasteiger partial charge in [0.1, 0.15) is 0 Å². The van der Waals surface area contributed by atoms with Crippen LogP contribution in [0.3, 0.4) is 0 Å². The minimum absolute atomic E-state index is 0.162. The highest BCUT2D eigenvalue weighted by molar-refractivity contribution is 7.88. The van der Waals surface area contributed by atoms with Crippen molar-refractivity contribution in [2.75, 3.05) is 0 Å². The molecule has 3 aliphatic carbocycles. The first-order valence-corrected chi connectivity index (χ1v) is 49.9. The molecule has 1 fully saturated rings. The monoisotopic (exact) mass is 960 g/mol. The summed E-state index contributed by atoms with van der Waals surface area (Å²) in [5, 5.41) is 1.99. The standard InChI is InChI=1S/C48H78O3P2Si7/c1-54(2,3)45(55(4,5)6)35-30-32(48(58(13,14)15,59(16,17)18)60(19,20)21)31-36(46(56(7,8)9)57(10,11)12)42(35)52-53-47-37-28-24-22-26-33(37)39(34-27-23-25-29-38(34)47)40-41(47)44(50)51-43(40)49/h22-31,39-41,45-46H,1-21H3/t39?,40-,41+,47?/m0/s1. The van der Waals surface area contributed by atoms with E-state index in [9.17, 15) is 9.59 Å². The van der Waals surface area contributed by atoms with Gasteiger partial charge in [-0.1, -0.05) is 206 Å². The highest BCUT2D eigenvalue weighted by Crippen LogP contribution is 2.69. The minimum atomic E-state index is -1.85. The minimum Gasteiger partial charge on any atom is -0.393 e. The summed E-state index contributed by atoms with van der Waals surface area (Å²) in [7, 11) is -10.4. The molecule has 3 aromatic rings. The van der Waals surface area contributed by atoms with Crippen LogP contribution in [0.1, 0.15) is 55.2 Å². The third-order valence-corrected chi connectivity index (χ3v) is 58.1. The van der Waals surface area contributed by atoms with E-state index in [-0.39, 0.29) is 22.1 Å². The number of rotatable bonds is 12. The highest BCUT2D eigenvalue weighted by Gasteiger charge is 2.67. The molecular formula is C48H78O3P2Si7. The molecule has 1 heterocycles. The van der Waals surface area contributed by atoms with Gasteiger partial charge in [0, 0.05) is 67.7 Å². The van der Waals surface area contributed by atoms with Gasteiger partial charge >= 0.3 is 11.9 Å². The first-order chi connectivity index (χ1) is 27.1. The van der Waals surface area contributed by atoms with Gasteiger partial charge in [-0.15, -0.1) is 0 Å². The molecule has 0 spiro atoms. The van der Waals surface area contributed by atoms with Crippen molar-refractivity contribution in [1.82, 2.24) is 0 Å². The van der Waals surface area contributed by atoms with E-state index in [4.69, 9.17) is 4.74 Å². The molecule has 4 aliphatic rings. The second-order valence-corrected chi connectivity index (χ2v) is 68.6. The number of hydrogen-bond acceptors (Lipinski definition) is 3. The van der Waals surface area contributed by atoms with Gasteiger partial charge in [0.25, 0.3) is 0 Å². The van der Waals surface area contributed by atoms with Crippen LogP contribution in [0.15, 0.2) is 60.7 Å². The molecule has 7 rings (SSSR count). The Balaban J connectivity index is 1.88. The zero-order valence-electron chi connectivity index (χ0n) is 41.3. The van der Waals surface area contributed by atoms with Gasteiger partial charge < -0.3 is 4.74 Å². The largest absolute Gasteiger partial charge is 0.393 e. The summed E-state index contributed by atoms with van der Waals surface area (Å²) >= 11 is 0. The first-order valence-electron chi connectivity index (χ1n) is 22.6. The van der Waals surface area contributed by atoms with Gasteiger partial charge in [0.05, 0.1) is 17.0 Å². The fourth-order valence-electron chi connectivity index (χ4n) is 15.4. The van der Waals surface area contributed by atoms with Crippen molar-refractivity contribution in [1.29, 1.82) is 0 Å². The summed E-state index contributed by atoms with van der Waals surface area (Å²) < 4.78 is 5.97. The zero-order valence-corrected chi connectivity index (χ0v) is 50.1. The molecule has 0 radical (unpaired) electrons. The van der Waals surface area contributed by atoms with E-state index in [0.717, 1.165) is 7.87 Å². The smallest absolute Gasteiger partial charge is 0.319 e. The molecule has 326 valence electrons. The van der Waals surface area contributed by atoms with Crippen molar-refractivity contribution in [2.24, 2.45) is 11.8 Å². The topological polar surface area (TPSA) is 43.4 Å². The SMILES string of the molecule is C[Si](C)(C)C(c1cc(C([Si](C)(C)C)([Si](C)(C)C)[Si](C)(C)C)cc(C([Si](C)(C)C)[Si](C)(C)C)c1P=PC12c3ccccc3C(c3ccccc31)[C@@H]1C(=O)OC(=O)[C@@H]12)[Si](C)(C)C. The van der Waals surface area contributed by atoms with E-state index >= 15 is 0 Å². The molecule has 60 heavy (non-hydrogen) atoms. The fraction of sp³-hybridized carbons (Fsp3) is 0.583. The molecule has 3 aromatic carbocycles. The van der Waals surface area contributed by atoms with Crippen LogP contribution in [-0.2, 0) is 23.8 Å². The van der Waals surface area contributed by atoms with Gasteiger partial charge in [-0.2, -0.15) is 0 Å². The summed E-state index contributed by atoms with van der Waals surface area (Å²) in [4.78, 5) is 28.3. The maximum Gasteiger partial charge on any atom is 0.319 e. The van der Waals surface area contributed by atoms with E-state index in [1.54, 1.807) is 22.0 Å². The molecule has 12 heteroatoms. The Bertz CT molecular complexity index is 2070. The van der Waals surface area contributed by atoms with Crippen molar-refractivity contribution < 1.29 is 14.3 Å². The Kier molecular flexibility index (Phi) is 12.3. The second-order valence-electron chi connectivity index (χ2n) is 26.2. The lowest BCUT2D eigenvalue weighted by molar-refractivity contribution is -0.153. The van der Waals surface area contributed by atoms with Crippen molar-refractivity contribution in [3.63, 3.8) is 0 Å². The molecule has 0 aromatic heterocycles. The maximum atomic E-state index is 14.3. The number of hydrogen-bond donors (Lipinski definition) is 0. The Morgan fingerprint density at radius 3 is 1.27 bits per heavy atom. The highest BCUT2D eigenvalue weighted by atomic mass is 31.7. The van der Waals surface area contributed by atoms with E-state index in [1.165, 1.54) is 30.1 Å². The Morgan fingerprint density at radius 1 is 0.550 bits per heavy atom. The third kappa shape index (κ3) is 7.51. The molecule has 0 N–H and O–H groups in total. The van der Waals surface area contributed by atoms with Crippen LogP contribution in [0.25, 0.3) is 0 Å². The molecule has 2 bridgehead atoms. The number of cyclic esters (lactones) is 2. The van der Waals surface area contributed by atoms with Crippen molar-refractivity contribution >= 4 is 89.5 Å². The average Bonchev–Trinajstić information content (AvgIpc) is 3.34. The van der Waals surface area contributed by atoms with Crippen molar-refractivity contribution in [3.05, 3.63) is 99.6 Å². The van der Waals surface area contributed by atoms with E-state index in [2.05, 4.69) is 198 Å². The van der Waals surface area contributed by atoms with Crippen LogP contribution in [-0.4, -0.2) is 68.5 Å². The summed E-state index contributed by atoms with van der Waals surface area (Å²) in [5.74, 6) is -1.86. The van der Waals surface area contributed by atoms with Gasteiger partial charge in [-0.3, -0.25) is 9.59 Å². The molecule has 2 atom stereocenters. The predicted octanol–water partition coefficient (Wildman–Crippen LogP) is 14.4. The van der Waals surface area contributed by atoms with Crippen LogP contribution in [0.5, 0.6) is 0 Å². The Hall–Kier alpha value is -1.08. The lowest BCUT2D eigenvalue weighted by Crippen LogP contribution is -2.74. The van der Waals surface area contributed by atoms with Crippen LogP contribution in [0.2, 0.25) is 137 Å². The molecule has 0 saturated carbocycles. The number of benzene rings is 3. The quantitative estimate of drug-likeness (QED) is 0.0786. The van der Waals surface area contributed by atoms with E-state index in [0.29, 0.717) is 10.3 Å². The average molecular weight is 962 g/mol. The number of ether oxygens (including phenoxy) is 1. The fourth-order valence-corrected chi connectivity index (χ4v) is 75.7. The normalized spacial score (nSPS) is 22.8. The molecular weight excluding hydrogens is 883 g/mol. The zero-order chi connectivity index (χ0) is 45.4. The van der Waals surface area contributed by atoms with Gasteiger partial charge in [0.15, 0.2) is 0 Å². The van der Waals surface area contributed by atoms with Crippen LogP contribution in [0, 0.1) is 11.8 Å². The summed E-state index contributed by atoms with van der Waals surface area (Å²) in [6.07, 6.45) is 0. The van der Waals surface area contributed by atoms with Gasteiger partial charge in [-0.05, 0) is 61.4 Å². The third-order valence-electron chi connectivity index (χ3n) is 14.7. The second kappa shape index (κ2) is 15.3. The molecule has 1 saturated heterocycles. The van der Waals surface area contributed by atoms with Gasteiger partial charge in [-0.25, -0.2) is 0 Å². The Morgan fingerprint density at radius 2 is 0.917 bits per heavy atom. The van der Waals surface area contributed by atoms with Gasteiger partial charge in [0.2, 0.25) is 0 Å². The predicted molar refractivity (Wildman–Crippen MR) is 284 cm³/mol. The van der Waals surface area contributed by atoms with Crippen LogP contribution >= 0.6 is 15.7 Å². The lowest BCUT2D eigenvalue weighted by atomic mass is 9.54. The summed E-state index contributed by atoms with van der Waals surface area (Å²) in [6, 6.07) is 23.3. The molecule has 3 nitrogen and oxygen atoms in total. The van der Waals surface area contributed by atoms with Crippen molar-refractivity contribution in [2.45, 2.75) is 163 Å².